The molecule has 2 rings (SSSR count). The van der Waals surface area contributed by atoms with Gasteiger partial charge in [-0.1, -0.05) is 0 Å². The number of morpholine rings is 1. The number of carbonyl (C=O) groups excluding carboxylic acids is 1. The van der Waals surface area contributed by atoms with Gasteiger partial charge in [-0.3, -0.25) is 4.79 Å². The van der Waals surface area contributed by atoms with E-state index in [1.807, 2.05) is 13.1 Å². The number of rotatable bonds is 2. The lowest BCUT2D eigenvalue weighted by molar-refractivity contribution is -0.135. The number of carbonyl (C=O) groups is 1. The summed E-state index contributed by atoms with van der Waals surface area (Å²) in [5.41, 5.74) is 0. The van der Waals surface area contributed by atoms with Crippen molar-refractivity contribution in [1.82, 2.24) is 4.90 Å². The van der Waals surface area contributed by atoms with Crippen LogP contribution in [0.5, 0.6) is 0 Å². The molecule has 2 aliphatic heterocycles. The molecule has 0 N–H and O–H groups in total. The van der Waals surface area contributed by atoms with Crippen LogP contribution in [0.4, 0.5) is 0 Å². The van der Waals surface area contributed by atoms with E-state index in [0.717, 1.165) is 19.4 Å². The van der Waals surface area contributed by atoms with Crippen molar-refractivity contribution in [1.29, 1.82) is 0 Å². The molecule has 0 radical (unpaired) electrons. The predicted molar refractivity (Wildman–Crippen MR) is 55.5 cm³/mol. The quantitative estimate of drug-likeness (QED) is 0.669. The van der Waals surface area contributed by atoms with E-state index in [-0.39, 0.29) is 11.9 Å². The van der Waals surface area contributed by atoms with Gasteiger partial charge >= 0.3 is 0 Å². The molecule has 1 unspecified atom stereocenters. The van der Waals surface area contributed by atoms with Crippen LogP contribution < -0.4 is 0 Å². The monoisotopic (exact) mass is 211 g/mol. The molecule has 2 aliphatic rings. The van der Waals surface area contributed by atoms with E-state index in [1.54, 1.807) is 0 Å². The molecule has 0 aromatic carbocycles. The van der Waals surface area contributed by atoms with Gasteiger partial charge in [-0.2, -0.15) is 0 Å². The Morgan fingerprint density at radius 3 is 3.07 bits per heavy atom. The van der Waals surface area contributed by atoms with Crippen molar-refractivity contribution < 1.29 is 14.3 Å². The molecule has 0 aromatic heterocycles. The highest BCUT2D eigenvalue weighted by Crippen LogP contribution is 2.15. The van der Waals surface area contributed by atoms with Crippen molar-refractivity contribution in [3.05, 3.63) is 11.8 Å². The molecule has 15 heavy (non-hydrogen) atoms. The average Bonchev–Trinajstić information content (AvgIpc) is 2.29. The Kier molecular flexibility index (Phi) is 3.38. The van der Waals surface area contributed by atoms with Crippen molar-refractivity contribution in [2.24, 2.45) is 0 Å². The number of ketones is 1. The smallest absolute Gasteiger partial charge is 0.226 e. The molecule has 1 atom stereocenters. The van der Waals surface area contributed by atoms with Crippen molar-refractivity contribution in [3.63, 3.8) is 0 Å². The third-order valence-corrected chi connectivity index (χ3v) is 2.74. The SMILES string of the molecule is CN1CCOC(C(=O)C2=CCCCO2)C1. The highest BCUT2D eigenvalue weighted by molar-refractivity contribution is 5.97. The topological polar surface area (TPSA) is 38.8 Å². The first-order valence-corrected chi connectivity index (χ1v) is 5.44. The first kappa shape index (κ1) is 10.6. The van der Waals surface area contributed by atoms with Crippen molar-refractivity contribution >= 4 is 5.78 Å². The maximum atomic E-state index is 12.0. The summed E-state index contributed by atoms with van der Waals surface area (Å²) in [6, 6.07) is 0. The third-order valence-electron chi connectivity index (χ3n) is 2.74. The van der Waals surface area contributed by atoms with E-state index < -0.39 is 0 Å². The molecule has 0 aromatic rings. The van der Waals surface area contributed by atoms with Gasteiger partial charge < -0.3 is 14.4 Å². The van der Waals surface area contributed by atoms with Crippen molar-refractivity contribution in [2.45, 2.75) is 18.9 Å². The lowest BCUT2D eigenvalue weighted by Gasteiger charge is -2.29. The second-order valence-corrected chi connectivity index (χ2v) is 4.04. The van der Waals surface area contributed by atoms with Crippen LogP contribution in [0.15, 0.2) is 11.8 Å². The molecule has 0 saturated carbocycles. The number of Topliss-reactive ketones (excluding diaryl/α,β-unsaturated/α-hetero) is 1. The first-order chi connectivity index (χ1) is 7.27. The van der Waals surface area contributed by atoms with Crippen LogP contribution in [-0.4, -0.2) is 50.1 Å². The fourth-order valence-corrected chi connectivity index (χ4v) is 1.82. The zero-order valence-corrected chi connectivity index (χ0v) is 9.07. The number of ether oxygens (including phenoxy) is 2. The molecular weight excluding hydrogens is 194 g/mol. The minimum absolute atomic E-state index is 0.00116. The lowest BCUT2D eigenvalue weighted by Crippen LogP contribution is -2.44. The Labute approximate surface area is 89.8 Å². The van der Waals surface area contributed by atoms with Gasteiger partial charge in [0, 0.05) is 13.1 Å². The van der Waals surface area contributed by atoms with Gasteiger partial charge in [-0.15, -0.1) is 0 Å². The van der Waals surface area contributed by atoms with Crippen molar-refractivity contribution in [2.75, 3.05) is 33.4 Å². The first-order valence-electron chi connectivity index (χ1n) is 5.44. The van der Waals surface area contributed by atoms with Gasteiger partial charge in [0.1, 0.15) is 6.10 Å². The van der Waals surface area contributed by atoms with Gasteiger partial charge in [0.25, 0.3) is 0 Å². The highest BCUT2D eigenvalue weighted by atomic mass is 16.5. The van der Waals surface area contributed by atoms with Crippen LogP contribution in [-0.2, 0) is 14.3 Å². The number of hydrogen-bond donors (Lipinski definition) is 0. The van der Waals surface area contributed by atoms with Crippen LogP contribution in [0, 0.1) is 0 Å². The standard InChI is InChI=1S/C11H17NO3/c1-12-5-7-15-10(8-12)11(13)9-4-2-3-6-14-9/h4,10H,2-3,5-8H2,1H3. The molecule has 84 valence electrons. The highest BCUT2D eigenvalue weighted by Gasteiger charge is 2.28. The number of nitrogens with zero attached hydrogens (tertiary/aromatic N) is 1. The Balaban J connectivity index is 1.97. The maximum Gasteiger partial charge on any atom is 0.226 e. The van der Waals surface area contributed by atoms with Gasteiger partial charge in [0.05, 0.1) is 13.2 Å². The second-order valence-electron chi connectivity index (χ2n) is 4.04. The molecule has 0 bridgehead atoms. The predicted octanol–water partition coefficient (Wildman–Crippen LogP) is 0.580. The Hall–Kier alpha value is -0.870. The minimum atomic E-state index is -0.340. The maximum absolute atomic E-state index is 12.0. The fourth-order valence-electron chi connectivity index (χ4n) is 1.82. The average molecular weight is 211 g/mol. The van der Waals surface area contributed by atoms with Crippen LogP contribution in [0.2, 0.25) is 0 Å². The third kappa shape index (κ3) is 2.58. The van der Waals surface area contributed by atoms with Gasteiger partial charge in [-0.25, -0.2) is 0 Å². The number of hydrogen-bond acceptors (Lipinski definition) is 4. The summed E-state index contributed by atoms with van der Waals surface area (Å²) in [7, 11) is 2.00. The van der Waals surface area contributed by atoms with Gasteiger partial charge in [0.2, 0.25) is 5.78 Å². The number of likely N-dealkylation sites (N-methyl/N-ethyl adjacent to an activating group) is 1. The molecule has 2 heterocycles. The molecular formula is C11H17NO3. The van der Waals surface area contributed by atoms with Crippen LogP contribution in [0.25, 0.3) is 0 Å². The summed E-state index contributed by atoms with van der Waals surface area (Å²) in [6.45, 7) is 2.84. The molecule has 1 fully saturated rings. The Morgan fingerprint density at radius 2 is 2.40 bits per heavy atom. The summed E-state index contributed by atoms with van der Waals surface area (Å²) in [6.07, 6.45) is 3.48. The van der Waals surface area contributed by atoms with E-state index in [2.05, 4.69) is 4.90 Å². The lowest BCUT2D eigenvalue weighted by atomic mass is 10.1. The summed E-state index contributed by atoms with van der Waals surface area (Å²) in [5.74, 6) is 0.503. The summed E-state index contributed by atoms with van der Waals surface area (Å²) in [4.78, 5) is 14.1. The van der Waals surface area contributed by atoms with Gasteiger partial charge in [0.15, 0.2) is 5.76 Å². The van der Waals surface area contributed by atoms with E-state index in [1.165, 1.54) is 0 Å². The van der Waals surface area contributed by atoms with Crippen molar-refractivity contribution in [3.8, 4) is 0 Å². The Bertz CT molecular complexity index is 275. The molecule has 0 aliphatic carbocycles. The van der Waals surface area contributed by atoms with Gasteiger partial charge in [-0.05, 0) is 26.0 Å². The summed E-state index contributed by atoms with van der Waals surface area (Å²) in [5, 5.41) is 0. The number of allylic oxidation sites excluding steroid dienone is 1. The minimum Gasteiger partial charge on any atom is -0.490 e. The summed E-state index contributed by atoms with van der Waals surface area (Å²) >= 11 is 0. The van der Waals surface area contributed by atoms with Crippen LogP contribution in [0.3, 0.4) is 0 Å². The fraction of sp³-hybridized carbons (Fsp3) is 0.727. The normalized spacial score (nSPS) is 28.1. The molecule has 4 nitrogen and oxygen atoms in total. The van der Waals surface area contributed by atoms with E-state index in [9.17, 15) is 4.79 Å². The van der Waals surface area contributed by atoms with Crippen LogP contribution >= 0.6 is 0 Å². The molecule has 0 amide bonds. The largest absolute Gasteiger partial charge is 0.490 e. The summed E-state index contributed by atoms with van der Waals surface area (Å²) < 4.78 is 10.8. The Morgan fingerprint density at radius 1 is 1.53 bits per heavy atom. The molecule has 1 saturated heterocycles. The van der Waals surface area contributed by atoms with Crippen LogP contribution in [0.1, 0.15) is 12.8 Å². The zero-order valence-electron chi connectivity index (χ0n) is 9.07. The zero-order chi connectivity index (χ0) is 10.7. The molecule has 4 heteroatoms. The molecule has 0 spiro atoms. The van der Waals surface area contributed by atoms with E-state index >= 15 is 0 Å². The van der Waals surface area contributed by atoms with E-state index in [4.69, 9.17) is 9.47 Å². The van der Waals surface area contributed by atoms with E-state index in [0.29, 0.717) is 25.5 Å². The second kappa shape index (κ2) is 4.77.